The zero-order chi connectivity index (χ0) is 10.7. The third-order valence-corrected chi connectivity index (χ3v) is 2.05. The van der Waals surface area contributed by atoms with Crippen LogP contribution >= 0.6 is 0 Å². The fourth-order valence-electron chi connectivity index (χ4n) is 1.40. The van der Waals surface area contributed by atoms with Gasteiger partial charge in [-0.15, -0.1) is 0 Å². The number of pyridine rings is 1. The number of fused-ring (bicyclic) bond motifs is 1. The quantitative estimate of drug-likeness (QED) is 0.644. The summed E-state index contributed by atoms with van der Waals surface area (Å²) in [7, 11) is 0. The van der Waals surface area contributed by atoms with Crippen LogP contribution in [0.3, 0.4) is 0 Å². The SMILES string of the molecule is N#CC#Cc1cccc2c(=O)cc[nH]c12. The van der Waals surface area contributed by atoms with Gasteiger partial charge in [-0.05, 0) is 18.1 Å². The van der Waals surface area contributed by atoms with Crippen LogP contribution in [0.1, 0.15) is 5.56 Å². The van der Waals surface area contributed by atoms with E-state index in [1.54, 1.807) is 30.5 Å². The first-order chi connectivity index (χ1) is 7.33. The third kappa shape index (κ3) is 1.59. The molecule has 0 saturated heterocycles. The van der Waals surface area contributed by atoms with Crippen molar-refractivity contribution >= 4 is 10.9 Å². The number of hydrogen-bond donors (Lipinski definition) is 1. The molecule has 1 N–H and O–H groups in total. The van der Waals surface area contributed by atoms with Crippen molar-refractivity contribution in [1.29, 1.82) is 5.26 Å². The summed E-state index contributed by atoms with van der Waals surface area (Å²) in [5.74, 6) is 4.99. The minimum atomic E-state index is -0.0515. The van der Waals surface area contributed by atoms with Crippen molar-refractivity contribution in [3.63, 3.8) is 0 Å². The standard InChI is InChI=1S/C12H6N2O/c13-7-2-4-9-3-1-5-10-11(15)6-8-14-12(9)10/h1,3,5-6,8H,(H,14,15). The molecule has 0 amide bonds. The number of para-hydroxylation sites is 1. The summed E-state index contributed by atoms with van der Waals surface area (Å²) < 4.78 is 0. The van der Waals surface area contributed by atoms with Gasteiger partial charge in [0.15, 0.2) is 11.5 Å². The number of H-pyrrole nitrogens is 1. The van der Waals surface area contributed by atoms with Gasteiger partial charge in [0.2, 0.25) is 0 Å². The van der Waals surface area contributed by atoms with Gasteiger partial charge in [0.1, 0.15) is 0 Å². The van der Waals surface area contributed by atoms with Crippen LogP contribution in [0.2, 0.25) is 0 Å². The van der Waals surface area contributed by atoms with E-state index in [2.05, 4.69) is 16.8 Å². The molecule has 0 aliphatic rings. The molecule has 0 atom stereocenters. The molecule has 0 unspecified atom stereocenters. The Morgan fingerprint density at radius 3 is 2.93 bits per heavy atom. The number of aromatic amines is 1. The van der Waals surface area contributed by atoms with E-state index in [-0.39, 0.29) is 5.43 Å². The molecule has 0 radical (unpaired) electrons. The predicted octanol–water partition coefficient (Wildman–Crippen LogP) is 1.40. The Labute approximate surface area is 86.0 Å². The number of nitrogens with zero attached hydrogens (tertiary/aromatic N) is 1. The van der Waals surface area contributed by atoms with Crippen molar-refractivity contribution in [2.45, 2.75) is 0 Å². The number of nitriles is 1. The average molecular weight is 194 g/mol. The second-order valence-electron chi connectivity index (χ2n) is 2.93. The molecule has 1 aromatic heterocycles. The number of nitrogens with one attached hydrogen (secondary N) is 1. The minimum absolute atomic E-state index is 0.0515. The summed E-state index contributed by atoms with van der Waals surface area (Å²) in [6, 6.07) is 8.45. The van der Waals surface area contributed by atoms with Crippen LogP contribution in [0.15, 0.2) is 35.3 Å². The zero-order valence-corrected chi connectivity index (χ0v) is 7.74. The second-order valence-corrected chi connectivity index (χ2v) is 2.93. The van der Waals surface area contributed by atoms with Crippen molar-refractivity contribution in [3.8, 4) is 17.9 Å². The monoisotopic (exact) mass is 194 g/mol. The molecule has 0 aliphatic carbocycles. The molecule has 3 heteroatoms. The van der Waals surface area contributed by atoms with Crippen LogP contribution in [0.4, 0.5) is 0 Å². The molecule has 0 aliphatic heterocycles. The number of rotatable bonds is 0. The summed E-state index contributed by atoms with van der Waals surface area (Å²) >= 11 is 0. The highest BCUT2D eigenvalue weighted by atomic mass is 16.1. The van der Waals surface area contributed by atoms with Gasteiger partial charge in [-0.3, -0.25) is 4.79 Å². The van der Waals surface area contributed by atoms with Gasteiger partial charge in [-0.1, -0.05) is 6.07 Å². The van der Waals surface area contributed by atoms with E-state index in [0.29, 0.717) is 16.5 Å². The Morgan fingerprint density at radius 1 is 1.27 bits per heavy atom. The predicted molar refractivity (Wildman–Crippen MR) is 57.1 cm³/mol. The van der Waals surface area contributed by atoms with Crippen LogP contribution in [-0.2, 0) is 0 Å². The molecule has 3 nitrogen and oxygen atoms in total. The minimum Gasteiger partial charge on any atom is -0.360 e. The molecule has 15 heavy (non-hydrogen) atoms. The molecule has 0 saturated carbocycles. The molecule has 1 aromatic carbocycles. The number of hydrogen-bond acceptors (Lipinski definition) is 2. The summed E-state index contributed by atoms with van der Waals surface area (Å²) in [6.07, 6.45) is 1.57. The highest BCUT2D eigenvalue weighted by molar-refractivity contribution is 5.84. The average Bonchev–Trinajstić information content (AvgIpc) is 2.27. The smallest absolute Gasteiger partial charge is 0.189 e. The summed E-state index contributed by atoms with van der Waals surface area (Å²) in [6.45, 7) is 0. The highest BCUT2D eigenvalue weighted by Gasteiger charge is 2.00. The van der Waals surface area contributed by atoms with E-state index < -0.39 is 0 Å². The fourth-order valence-corrected chi connectivity index (χ4v) is 1.40. The third-order valence-electron chi connectivity index (χ3n) is 2.05. The van der Waals surface area contributed by atoms with Crippen molar-refractivity contribution in [1.82, 2.24) is 4.98 Å². The lowest BCUT2D eigenvalue weighted by atomic mass is 10.1. The second kappa shape index (κ2) is 3.69. The molecular formula is C12H6N2O. The van der Waals surface area contributed by atoms with Crippen molar-refractivity contribution in [3.05, 3.63) is 46.2 Å². The Bertz CT molecular complexity index is 666. The van der Waals surface area contributed by atoms with Gasteiger partial charge >= 0.3 is 0 Å². The van der Waals surface area contributed by atoms with E-state index in [1.165, 1.54) is 6.07 Å². The van der Waals surface area contributed by atoms with E-state index in [9.17, 15) is 4.79 Å². The van der Waals surface area contributed by atoms with E-state index in [1.807, 2.05) is 0 Å². The van der Waals surface area contributed by atoms with Crippen molar-refractivity contribution in [2.24, 2.45) is 0 Å². The topological polar surface area (TPSA) is 56.6 Å². The van der Waals surface area contributed by atoms with Gasteiger partial charge in [0.05, 0.1) is 5.52 Å². The van der Waals surface area contributed by atoms with Gasteiger partial charge in [0, 0.05) is 29.1 Å². The van der Waals surface area contributed by atoms with Crippen LogP contribution in [0, 0.1) is 23.2 Å². The molecular weight excluding hydrogens is 188 g/mol. The lowest BCUT2D eigenvalue weighted by Crippen LogP contribution is -2.00. The zero-order valence-electron chi connectivity index (χ0n) is 7.74. The van der Waals surface area contributed by atoms with E-state index in [0.717, 1.165) is 0 Å². The van der Waals surface area contributed by atoms with Crippen LogP contribution < -0.4 is 5.43 Å². The normalized spacial score (nSPS) is 9.00. The molecule has 0 bridgehead atoms. The molecule has 0 spiro atoms. The Hall–Kier alpha value is -2.52. The Balaban J connectivity index is 2.84. The summed E-state index contributed by atoms with van der Waals surface area (Å²) in [5.41, 5.74) is 1.28. The van der Waals surface area contributed by atoms with Gasteiger partial charge in [-0.2, -0.15) is 5.26 Å². The van der Waals surface area contributed by atoms with Crippen molar-refractivity contribution in [2.75, 3.05) is 0 Å². The molecule has 2 aromatic rings. The molecule has 70 valence electrons. The highest BCUT2D eigenvalue weighted by Crippen LogP contribution is 2.11. The fraction of sp³-hybridized carbons (Fsp3) is 0. The number of benzene rings is 1. The summed E-state index contributed by atoms with van der Waals surface area (Å²) in [4.78, 5) is 14.4. The Morgan fingerprint density at radius 2 is 2.13 bits per heavy atom. The largest absolute Gasteiger partial charge is 0.360 e. The maximum absolute atomic E-state index is 11.5. The van der Waals surface area contributed by atoms with Gasteiger partial charge in [-0.25, -0.2) is 0 Å². The first-order valence-corrected chi connectivity index (χ1v) is 4.33. The molecule has 0 fully saturated rings. The maximum Gasteiger partial charge on any atom is 0.189 e. The first-order valence-electron chi connectivity index (χ1n) is 4.33. The first kappa shape index (κ1) is 9.05. The van der Waals surface area contributed by atoms with E-state index in [4.69, 9.17) is 5.26 Å². The lowest BCUT2D eigenvalue weighted by Gasteiger charge is -1.98. The van der Waals surface area contributed by atoms with Crippen molar-refractivity contribution < 1.29 is 0 Å². The van der Waals surface area contributed by atoms with Crippen LogP contribution in [-0.4, -0.2) is 4.98 Å². The maximum atomic E-state index is 11.5. The van der Waals surface area contributed by atoms with Crippen LogP contribution in [0.5, 0.6) is 0 Å². The number of aromatic nitrogens is 1. The molecule has 1 heterocycles. The van der Waals surface area contributed by atoms with Gasteiger partial charge < -0.3 is 4.98 Å². The summed E-state index contributed by atoms with van der Waals surface area (Å²) in [5, 5.41) is 8.94. The van der Waals surface area contributed by atoms with E-state index >= 15 is 0 Å². The van der Waals surface area contributed by atoms with Crippen LogP contribution in [0.25, 0.3) is 10.9 Å². The lowest BCUT2D eigenvalue weighted by molar-refractivity contribution is 1.38. The van der Waals surface area contributed by atoms with Gasteiger partial charge in [0.25, 0.3) is 0 Å². The molecule has 2 rings (SSSR count). The Kier molecular flexibility index (Phi) is 2.23.